The number of methoxy groups -OCH3 is 1. The van der Waals surface area contributed by atoms with Crippen LogP contribution in [0.1, 0.15) is 16.7 Å². The molecule has 4 rings (SSSR count). The lowest BCUT2D eigenvalue weighted by atomic mass is 10.00. The maximum atomic E-state index is 12.5. The summed E-state index contributed by atoms with van der Waals surface area (Å²) in [4.78, 5) is 26.0. The number of benzene rings is 1. The summed E-state index contributed by atoms with van der Waals surface area (Å²) in [5.41, 5.74) is 1.40. The molecule has 8 nitrogen and oxygen atoms in total. The number of nitrogens with zero attached hydrogens (tertiary/aromatic N) is 1. The quantitative estimate of drug-likeness (QED) is 0.556. The van der Waals surface area contributed by atoms with Crippen molar-refractivity contribution in [3.63, 3.8) is 0 Å². The number of aryl methyl sites for hydroxylation is 1. The summed E-state index contributed by atoms with van der Waals surface area (Å²) in [7, 11) is -1.93. The van der Waals surface area contributed by atoms with Crippen molar-refractivity contribution in [1.29, 1.82) is 0 Å². The van der Waals surface area contributed by atoms with Crippen LogP contribution in [0.2, 0.25) is 0 Å². The van der Waals surface area contributed by atoms with Crippen molar-refractivity contribution in [2.75, 3.05) is 19.6 Å². The van der Waals surface area contributed by atoms with E-state index in [0.717, 1.165) is 0 Å². The largest absolute Gasteiger partial charge is 0.478 e. The van der Waals surface area contributed by atoms with Gasteiger partial charge in [-0.25, -0.2) is 13.2 Å². The van der Waals surface area contributed by atoms with Crippen LogP contribution in [0.4, 0.5) is 0 Å². The second-order valence-electron chi connectivity index (χ2n) is 6.91. The van der Waals surface area contributed by atoms with E-state index < -0.39 is 21.4 Å². The van der Waals surface area contributed by atoms with Crippen LogP contribution in [0.15, 0.2) is 32.8 Å². The number of fused-ring (bicyclic) bond motifs is 3. The first-order chi connectivity index (χ1) is 13.3. The number of sulfone groups is 1. The maximum Gasteiger partial charge on any atom is 0.340 e. The second-order valence-corrected chi connectivity index (χ2v) is 8.84. The Morgan fingerprint density at radius 3 is 2.82 bits per heavy atom. The molecule has 0 aliphatic carbocycles. The molecular weight excluding hydrogens is 386 g/mol. The summed E-state index contributed by atoms with van der Waals surface area (Å²) in [6, 6.07) is 3.30. The van der Waals surface area contributed by atoms with Crippen LogP contribution >= 0.6 is 0 Å². The van der Waals surface area contributed by atoms with Crippen LogP contribution in [0.3, 0.4) is 0 Å². The average molecular weight is 405 g/mol. The Balaban J connectivity index is 1.76. The molecule has 0 N–H and O–H groups in total. The van der Waals surface area contributed by atoms with E-state index in [1.54, 1.807) is 25.1 Å². The van der Waals surface area contributed by atoms with Crippen molar-refractivity contribution in [3.8, 4) is 5.75 Å². The number of rotatable bonds is 3. The SMILES string of the molecule is COC(=O)Cc1c(C)c2ccc3c(c2oc1=O)CN(C1C=CS(=O)(=O)C1)CO3. The number of carbonyl (C=O) groups is 1. The summed E-state index contributed by atoms with van der Waals surface area (Å²) in [5, 5.41) is 1.93. The zero-order chi connectivity index (χ0) is 20.1. The van der Waals surface area contributed by atoms with Gasteiger partial charge in [0.1, 0.15) is 18.1 Å². The van der Waals surface area contributed by atoms with Gasteiger partial charge >= 0.3 is 11.6 Å². The van der Waals surface area contributed by atoms with E-state index in [0.29, 0.717) is 34.4 Å². The summed E-state index contributed by atoms with van der Waals surface area (Å²) in [6.07, 6.45) is 1.48. The molecule has 2 aliphatic heterocycles. The van der Waals surface area contributed by atoms with Crippen molar-refractivity contribution in [2.24, 2.45) is 0 Å². The Morgan fingerprint density at radius 2 is 2.14 bits per heavy atom. The van der Waals surface area contributed by atoms with Crippen LogP contribution in [0.5, 0.6) is 5.75 Å². The molecule has 0 radical (unpaired) electrons. The first-order valence-electron chi connectivity index (χ1n) is 8.72. The van der Waals surface area contributed by atoms with E-state index in [1.165, 1.54) is 12.5 Å². The van der Waals surface area contributed by atoms with E-state index in [9.17, 15) is 18.0 Å². The molecule has 0 saturated heterocycles. The van der Waals surface area contributed by atoms with Crippen molar-refractivity contribution in [1.82, 2.24) is 4.90 Å². The van der Waals surface area contributed by atoms with Gasteiger partial charge in [0.15, 0.2) is 9.84 Å². The fraction of sp³-hybridized carbons (Fsp3) is 0.368. The monoisotopic (exact) mass is 405 g/mol. The molecule has 2 aliphatic rings. The van der Waals surface area contributed by atoms with Gasteiger partial charge in [-0.3, -0.25) is 9.69 Å². The van der Waals surface area contributed by atoms with Gasteiger partial charge in [-0.15, -0.1) is 0 Å². The van der Waals surface area contributed by atoms with Crippen molar-refractivity contribution in [2.45, 2.75) is 25.9 Å². The van der Waals surface area contributed by atoms with Crippen molar-refractivity contribution < 1.29 is 27.1 Å². The van der Waals surface area contributed by atoms with Crippen LogP contribution in [-0.2, 0) is 32.3 Å². The van der Waals surface area contributed by atoms with Gasteiger partial charge in [-0.1, -0.05) is 6.08 Å². The molecular formula is C19H19NO7S. The summed E-state index contributed by atoms with van der Waals surface area (Å²) >= 11 is 0. The van der Waals surface area contributed by atoms with Crippen LogP contribution in [0.25, 0.3) is 11.0 Å². The molecule has 1 atom stereocenters. The number of ether oxygens (including phenoxy) is 2. The Hall–Kier alpha value is -2.65. The molecule has 2 aromatic rings. The third-order valence-electron chi connectivity index (χ3n) is 5.19. The Morgan fingerprint density at radius 1 is 1.36 bits per heavy atom. The van der Waals surface area contributed by atoms with Gasteiger partial charge in [0, 0.05) is 23.4 Å². The molecule has 0 amide bonds. The lowest BCUT2D eigenvalue weighted by Crippen LogP contribution is -2.41. The van der Waals surface area contributed by atoms with Crippen molar-refractivity contribution in [3.05, 3.63) is 50.7 Å². The molecule has 1 unspecified atom stereocenters. The number of esters is 1. The standard InChI is InChI=1S/C19H19NO7S/c1-11-13-3-4-16-15(18(13)27-19(22)14(11)7-17(21)25-2)8-20(10-26-16)12-5-6-28(23,24)9-12/h3-6,12H,7-10H2,1-2H3. The molecule has 1 aromatic heterocycles. The van der Waals surface area contributed by atoms with Crippen LogP contribution < -0.4 is 10.4 Å². The predicted molar refractivity (Wildman–Crippen MR) is 101 cm³/mol. The predicted octanol–water partition coefficient (Wildman–Crippen LogP) is 1.28. The molecule has 1 aromatic carbocycles. The average Bonchev–Trinajstić information content (AvgIpc) is 3.04. The van der Waals surface area contributed by atoms with Gasteiger partial charge in [0.2, 0.25) is 0 Å². The molecule has 0 saturated carbocycles. The molecule has 0 fully saturated rings. The number of hydrogen-bond donors (Lipinski definition) is 0. The van der Waals surface area contributed by atoms with Gasteiger partial charge in [0.05, 0.1) is 30.4 Å². The fourth-order valence-corrected chi connectivity index (χ4v) is 4.93. The molecule has 0 bridgehead atoms. The summed E-state index contributed by atoms with van der Waals surface area (Å²) < 4.78 is 39.5. The normalized spacial score (nSPS) is 20.7. The van der Waals surface area contributed by atoms with Gasteiger partial charge in [-0.05, 0) is 24.6 Å². The first kappa shape index (κ1) is 18.7. The highest BCUT2D eigenvalue weighted by atomic mass is 32.2. The highest BCUT2D eigenvalue weighted by molar-refractivity contribution is 7.94. The fourth-order valence-electron chi connectivity index (χ4n) is 3.60. The van der Waals surface area contributed by atoms with E-state index in [2.05, 4.69) is 4.74 Å². The molecule has 0 spiro atoms. The first-order valence-corrected chi connectivity index (χ1v) is 10.4. The second kappa shape index (κ2) is 6.75. The van der Waals surface area contributed by atoms with Crippen LogP contribution in [-0.4, -0.2) is 44.9 Å². The molecule has 9 heteroatoms. The Kier molecular flexibility index (Phi) is 4.51. The van der Waals surface area contributed by atoms with Crippen LogP contribution in [0, 0.1) is 6.92 Å². The molecule has 148 valence electrons. The maximum absolute atomic E-state index is 12.5. The molecule has 3 heterocycles. The lowest BCUT2D eigenvalue weighted by molar-refractivity contribution is -0.139. The zero-order valence-electron chi connectivity index (χ0n) is 15.4. The minimum absolute atomic E-state index is 0.00269. The van der Waals surface area contributed by atoms with Gasteiger partial charge in [0.25, 0.3) is 0 Å². The Bertz CT molecular complexity index is 1160. The summed E-state index contributed by atoms with van der Waals surface area (Å²) in [6.45, 7) is 2.39. The summed E-state index contributed by atoms with van der Waals surface area (Å²) in [5.74, 6) is 0.0798. The Labute approximate surface area is 161 Å². The minimum atomic E-state index is -3.19. The van der Waals surface area contributed by atoms with E-state index in [1.807, 2.05) is 4.90 Å². The minimum Gasteiger partial charge on any atom is -0.478 e. The lowest BCUT2D eigenvalue weighted by Gasteiger charge is -2.32. The molecule has 28 heavy (non-hydrogen) atoms. The zero-order valence-corrected chi connectivity index (χ0v) is 16.2. The van der Waals surface area contributed by atoms with Crippen molar-refractivity contribution >= 4 is 26.8 Å². The number of carbonyl (C=O) groups excluding carboxylic acids is 1. The smallest absolute Gasteiger partial charge is 0.340 e. The number of hydrogen-bond acceptors (Lipinski definition) is 8. The topological polar surface area (TPSA) is 103 Å². The highest BCUT2D eigenvalue weighted by Gasteiger charge is 2.32. The third-order valence-corrected chi connectivity index (χ3v) is 6.57. The van der Waals surface area contributed by atoms with E-state index in [4.69, 9.17) is 9.15 Å². The van der Waals surface area contributed by atoms with Gasteiger partial charge in [-0.2, -0.15) is 0 Å². The van der Waals surface area contributed by atoms with E-state index >= 15 is 0 Å². The third kappa shape index (κ3) is 3.20. The van der Waals surface area contributed by atoms with Gasteiger partial charge < -0.3 is 13.9 Å². The highest BCUT2D eigenvalue weighted by Crippen LogP contribution is 2.35. The van der Waals surface area contributed by atoms with E-state index in [-0.39, 0.29) is 30.5 Å².